The van der Waals surface area contributed by atoms with Gasteiger partial charge in [0.2, 0.25) is 0 Å². The van der Waals surface area contributed by atoms with Crippen LogP contribution in [0, 0.1) is 5.41 Å². The number of allylic oxidation sites excluding steroid dienone is 3. The van der Waals surface area contributed by atoms with Crippen molar-refractivity contribution in [1.29, 1.82) is 0 Å². The van der Waals surface area contributed by atoms with E-state index in [1.807, 2.05) is 0 Å². The monoisotopic (exact) mass is 457 g/mol. The number of nitrogens with zero attached hydrogens (tertiary/aromatic N) is 1. The molecule has 2 aliphatic heterocycles. The van der Waals surface area contributed by atoms with Gasteiger partial charge in [0, 0.05) is 41.4 Å². The average molecular weight is 458 g/mol. The van der Waals surface area contributed by atoms with Gasteiger partial charge in [0.05, 0.1) is 14.2 Å². The van der Waals surface area contributed by atoms with Crippen LogP contribution in [0.4, 0.5) is 0 Å². The van der Waals surface area contributed by atoms with E-state index in [4.69, 9.17) is 9.47 Å². The molecule has 0 amide bonds. The lowest BCUT2D eigenvalue weighted by molar-refractivity contribution is -0.118. The van der Waals surface area contributed by atoms with Crippen LogP contribution in [0.3, 0.4) is 0 Å². The number of ether oxygens (including phenoxy) is 2. The largest absolute Gasteiger partial charge is 0.493 e. The Balaban J connectivity index is 1.69. The molecule has 0 N–H and O–H groups in total. The van der Waals surface area contributed by atoms with Gasteiger partial charge in [-0.2, -0.15) is 0 Å². The summed E-state index contributed by atoms with van der Waals surface area (Å²) >= 11 is 0. The van der Waals surface area contributed by atoms with E-state index in [1.54, 1.807) is 14.2 Å². The second kappa shape index (κ2) is 8.33. The highest BCUT2D eigenvalue weighted by molar-refractivity contribution is 6.01. The fourth-order valence-electron chi connectivity index (χ4n) is 5.81. The molecule has 5 rings (SSSR count). The van der Waals surface area contributed by atoms with Crippen molar-refractivity contribution in [2.24, 2.45) is 5.41 Å². The Morgan fingerprint density at radius 3 is 2.32 bits per heavy atom. The number of ketones is 1. The minimum absolute atomic E-state index is 0.0369. The van der Waals surface area contributed by atoms with Crippen molar-refractivity contribution in [1.82, 2.24) is 4.90 Å². The zero-order valence-corrected chi connectivity index (χ0v) is 21.2. The van der Waals surface area contributed by atoms with Crippen molar-refractivity contribution in [3.05, 3.63) is 76.0 Å². The summed E-state index contributed by atoms with van der Waals surface area (Å²) in [7, 11) is 3.37. The molecule has 1 atom stereocenters. The average Bonchev–Trinajstić information content (AvgIpc) is 2.81. The minimum atomic E-state index is -0.0394. The highest BCUT2D eigenvalue weighted by Crippen LogP contribution is 2.51. The third-order valence-electron chi connectivity index (χ3n) is 7.60. The van der Waals surface area contributed by atoms with E-state index in [0.717, 1.165) is 36.5 Å². The summed E-state index contributed by atoms with van der Waals surface area (Å²) in [5.41, 5.74) is 8.28. The standard InChI is InChI=1S/C30H35NO3/c1-18(2)19-7-9-20(10-8-19)23-14-24-22-15-28(34-6)27(33-5)13-21(22)11-12-31(24)25-16-30(3,4)17-26(32)29(23)25/h7-10,13-15,18,23H,11-12,16-17H2,1-6H3/t23-/m1/s1. The number of Topliss-reactive ketones (excluding diaryl/α,β-unsaturated/α-hetero) is 1. The van der Waals surface area contributed by atoms with E-state index < -0.39 is 0 Å². The van der Waals surface area contributed by atoms with Crippen LogP contribution in [-0.4, -0.2) is 31.4 Å². The molecule has 1 aliphatic carbocycles. The molecule has 178 valence electrons. The Labute approximate surface area is 203 Å². The van der Waals surface area contributed by atoms with Gasteiger partial charge in [0.1, 0.15) is 0 Å². The molecule has 3 aliphatic rings. The molecule has 34 heavy (non-hydrogen) atoms. The van der Waals surface area contributed by atoms with E-state index in [9.17, 15) is 4.79 Å². The zero-order valence-electron chi connectivity index (χ0n) is 21.2. The second-order valence-electron chi connectivity index (χ2n) is 10.9. The molecule has 2 aromatic rings. The van der Waals surface area contributed by atoms with Crippen LogP contribution in [0.1, 0.15) is 74.6 Å². The van der Waals surface area contributed by atoms with Crippen LogP contribution in [0.5, 0.6) is 11.5 Å². The third-order valence-corrected chi connectivity index (χ3v) is 7.60. The maximum Gasteiger partial charge on any atom is 0.162 e. The molecule has 4 heteroatoms. The molecule has 2 heterocycles. The van der Waals surface area contributed by atoms with Crippen LogP contribution < -0.4 is 9.47 Å². The maximum absolute atomic E-state index is 13.6. The lowest BCUT2D eigenvalue weighted by Gasteiger charge is -2.46. The molecular formula is C30H35NO3. The van der Waals surface area contributed by atoms with Gasteiger partial charge in [-0.3, -0.25) is 4.79 Å². The molecule has 4 nitrogen and oxygen atoms in total. The van der Waals surface area contributed by atoms with Gasteiger partial charge < -0.3 is 14.4 Å². The number of hydrogen-bond acceptors (Lipinski definition) is 4. The summed E-state index contributed by atoms with van der Waals surface area (Å²) < 4.78 is 11.2. The topological polar surface area (TPSA) is 38.8 Å². The van der Waals surface area contributed by atoms with E-state index in [0.29, 0.717) is 12.3 Å². The Morgan fingerprint density at radius 1 is 1.00 bits per heavy atom. The molecule has 0 unspecified atom stereocenters. The first-order valence-electron chi connectivity index (χ1n) is 12.3. The normalized spacial score (nSPS) is 21.0. The molecule has 0 aromatic heterocycles. The molecule has 0 spiro atoms. The zero-order chi connectivity index (χ0) is 24.2. The summed E-state index contributed by atoms with van der Waals surface area (Å²) in [6.07, 6.45) is 4.73. The van der Waals surface area contributed by atoms with Crippen molar-refractivity contribution in [2.45, 2.75) is 58.8 Å². The van der Waals surface area contributed by atoms with Crippen LogP contribution in [0.25, 0.3) is 5.70 Å². The van der Waals surface area contributed by atoms with Crippen molar-refractivity contribution in [3.63, 3.8) is 0 Å². The van der Waals surface area contributed by atoms with Gasteiger partial charge in [-0.1, -0.05) is 52.0 Å². The van der Waals surface area contributed by atoms with Gasteiger partial charge in [-0.15, -0.1) is 0 Å². The SMILES string of the molecule is COc1cc2c(cc1OC)C1=C[C@H](c3ccc(C(C)C)cc3)C3=C(CC(C)(C)CC3=O)N1CC2. The predicted octanol–water partition coefficient (Wildman–Crippen LogP) is 6.47. The molecule has 0 saturated carbocycles. The molecule has 0 saturated heterocycles. The molecule has 0 bridgehead atoms. The number of hydrogen-bond donors (Lipinski definition) is 0. The first-order chi connectivity index (χ1) is 16.2. The van der Waals surface area contributed by atoms with Crippen molar-refractivity contribution < 1.29 is 14.3 Å². The second-order valence-corrected chi connectivity index (χ2v) is 10.9. The highest BCUT2D eigenvalue weighted by Gasteiger charge is 2.42. The third kappa shape index (κ3) is 3.73. The highest BCUT2D eigenvalue weighted by atomic mass is 16.5. The summed E-state index contributed by atoms with van der Waals surface area (Å²) in [6, 6.07) is 13.1. The van der Waals surface area contributed by atoms with Gasteiger partial charge in [-0.05, 0) is 59.1 Å². The van der Waals surface area contributed by atoms with Crippen molar-refractivity contribution >= 4 is 11.5 Å². The Hall–Kier alpha value is -3.01. The van der Waals surface area contributed by atoms with Crippen molar-refractivity contribution in [2.75, 3.05) is 20.8 Å². The minimum Gasteiger partial charge on any atom is -0.493 e. The lowest BCUT2D eigenvalue weighted by atomic mass is 9.69. The number of methoxy groups -OCH3 is 2. The number of carbonyl (C=O) groups is 1. The Morgan fingerprint density at radius 2 is 1.68 bits per heavy atom. The quantitative estimate of drug-likeness (QED) is 0.528. The maximum atomic E-state index is 13.6. The smallest absolute Gasteiger partial charge is 0.162 e. The van der Waals surface area contributed by atoms with Crippen LogP contribution in [0.2, 0.25) is 0 Å². The summed E-state index contributed by atoms with van der Waals surface area (Å²) in [6.45, 7) is 9.72. The number of fused-ring (bicyclic) bond motifs is 4. The van der Waals surface area contributed by atoms with E-state index >= 15 is 0 Å². The first kappa shape index (κ1) is 22.8. The van der Waals surface area contributed by atoms with Gasteiger partial charge in [-0.25, -0.2) is 0 Å². The lowest BCUT2D eigenvalue weighted by Crippen LogP contribution is -2.40. The summed E-state index contributed by atoms with van der Waals surface area (Å²) in [5.74, 6) is 2.24. The van der Waals surface area contributed by atoms with E-state index in [2.05, 4.69) is 75.1 Å². The van der Waals surface area contributed by atoms with Crippen LogP contribution in [0.15, 0.2) is 53.7 Å². The van der Waals surface area contributed by atoms with Gasteiger partial charge in [0.15, 0.2) is 17.3 Å². The molecule has 2 aromatic carbocycles. The molecule has 0 fully saturated rings. The summed E-state index contributed by atoms with van der Waals surface area (Å²) in [4.78, 5) is 16.0. The van der Waals surface area contributed by atoms with E-state index in [-0.39, 0.29) is 17.1 Å². The first-order valence-corrected chi connectivity index (χ1v) is 12.3. The predicted molar refractivity (Wildman–Crippen MR) is 136 cm³/mol. The Bertz CT molecular complexity index is 1200. The van der Waals surface area contributed by atoms with Gasteiger partial charge >= 0.3 is 0 Å². The van der Waals surface area contributed by atoms with Crippen LogP contribution >= 0.6 is 0 Å². The van der Waals surface area contributed by atoms with Crippen molar-refractivity contribution in [3.8, 4) is 11.5 Å². The fourth-order valence-corrected chi connectivity index (χ4v) is 5.81. The molecular weight excluding hydrogens is 422 g/mol. The summed E-state index contributed by atoms with van der Waals surface area (Å²) in [5, 5.41) is 0. The number of carbonyl (C=O) groups excluding carboxylic acids is 1. The van der Waals surface area contributed by atoms with Gasteiger partial charge in [0.25, 0.3) is 0 Å². The number of rotatable bonds is 4. The number of benzene rings is 2. The Kier molecular flexibility index (Phi) is 5.58. The molecule has 0 radical (unpaired) electrons. The fraction of sp³-hybridized carbons (Fsp3) is 0.433. The van der Waals surface area contributed by atoms with Crippen LogP contribution in [-0.2, 0) is 11.2 Å². The van der Waals surface area contributed by atoms with E-state index in [1.165, 1.54) is 33.6 Å².